The van der Waals surface area contributed by atoms with E-state index >= 15 is 0 Å². The van der Waals surface area contributed by atoms with Gasteiger partial charge in [-0.2, -0.15) is 0 Å². The molecule has 0 radical (unpaired) electrons. The van der Waals surface area contributed by atoms with Gasteiger partial charge < -0.3 is 5.32 Å². The number of para-hydroxylation sites is 1. The Kier molecular flexibility index (Phi) is 3.93. The van der Waals surface area contributed by atoms with Gasteiger partial charge in [-0.1, -0.05) is 35.9 Å². The zero-order valence-electron chi connectivity index (χ0n) is 11.4. The number of rotatable bonds is 3. The summed E-state index contributed by atoms with van der Waals surface area (Å²) in [6, 6.07) is 12.2. The molecule has 21 heavy (non-hydrogen) atoms. The number of Topliss-reactive ketones (excluding diaryl/α,β-unsaturated/α-hetero) is 1. The Hall–Kier alpha value is -1.87. The fourth-order valence-electron chi connectivity index (χ4n) is 2.78. The van der Waals surface area contributed by atoms with Gasteiger partial charge in [0.1, 0.15) is 11.6 Å². The smallest absolute Gasteiger partial charge is 0.144 e. The molecule has 0 spiro atoms. The summed E-state index contributed by atoms with van der Waals surface area (Å²) in [5, 5.41) is 3.63. The van der Waals surface area contributed by atoms with E-state index in [1.165, 1.54) is 6.07 Å². The van der Waals surface area contributed by atoms with Crippen LogP contribution < -0.4 is 5.32 Å². The molecule has 1 atom stereocenters. The Morgan fingerprint density at radius 1 is 1.29 bits per heavy atom. The minimum absolute atomic E-state index is 0.0465. The standard InChI is InChI=1S/C17H15ClFNO/c18-12-6-5-11(15(19)10-12)9-17(21)14-7-8-20-16-4-2-1-3-13(14)16/h1-6,10,14,20H,7-9H2. The molecule has 0 aliphatic carbocycles. The zero-order valence-corrected chi connectivity index (χ0v) is 12.2. The fourth-order valence-corrected chi connectivity index (χ4v) is 2.94. The van der Waals surface area contributed by atoms with E-state index in [2.05, 4.69) is 5.32 Å². The summed E-state index contributed by atoms with van der Waals surface area (Å²) in [6.07, 6.45) is 0.840. The van der Waals surface area contributed by atoms with Crippen LogP contribution in [0.3, 0.4) is 0 Å². The SMILES string of the molecule is O=C(Cc1ccc(Cl)cc1F)C1CCNc2ccccc21. The van der Waals surface area contributed by atoms with Gasteiger partial charge in [0.2, 0.25) is 0 Å². The minimum atomic E-state index is -0.418. The first-order valence-electron chi connectivity index (χ1n) is 6.94. The molecule has 2 nitrogen and oxygen atoms in total. The van der Waals surface area contributed by atoms with Crippen LogP contribution in [0.15, 0.2) is 42.5 Å². The molecular formula is C17H15ClFNO. The van der Waals surface area contributed by atoms with Gasteiger partial charge in [0, 0.05) is 29.6 Å². The first-order chi connectivity index (χ1) is 10.1. The number of halogens is 2. The lowest BCUT2D eigenvalue weighted by Crippen LogP contribution is -2.24. The lowest BCUT2D eigenvalue weighted by molar-refractivity contribution is -0.120. The van der Waals surface area contributed by atoms with Crippen LogP contribution in [0, 0.1) is 5.82 Å². The molecular weight excluding hydrogens is 289 g/mol. The fraction of sp³-hybridized carbons (Fsp3) is 0.235. The third kappa shape index (κ3) is 2.93. The Morgan fingerprint density at radius 2 is 2.10 bits per heavy atom. The molecule has 0 bridgehead atoms. The zero-order chi connectivity index (χ0) is 14.8. The number of benzene rings is 2. The van der Waals surface area contributed by atoms with Crippen molar-refractivity contribution in [3.05, 3.63) is 64.4 Å². The maximum atomic E-state index is 13.8. The third-order valence-electron chi connectivity index (χ3n) is 3.85. The van der Waals surface area contributed by atoms with Gasteiger partial charge in [-0.15, -0.1) is 0 Å². The van der Waals surface area contributed by atoms with Crippen molar-refractivity contribution in [1.29, 1.82) is 0 Å². The highest BCUT2D eigenvalue weighted by Gasteiger charge is 2.26. The van der Waals surface area contributed by atoms with E-state index < -0.39 is 5.82 Å². The van der Waals surface area contributed by atoms with E-state index in [4.69, 9.17) is 11.6 Å². The predicted octanol–water partition coefficient (Wildman–Crippen LogP) is 4.19. The summed E-state index contributed by atoms with van der Waals surface area (Å²) >= 11 is 5.74. The molecule has 0 saturated heterocycles. The molecule has 1 heterocycles. The van der Waals surface area contributed by atoms with Crippen molar-refractivity contribution in [2.45, 2.75) is 18.8 Å². The summed E-state index contributed by atoms with van der Waals surface area (Å²) in [5.74, 6) is -0.541. The number of fused-ring (bicyclic) bond motifs is 1. The molecule has 3 rings (SSSR count). The van der Waals surface area contributed by atoms with Gasteiger partial charge in [-0.3, -0.25) is 4.79 Å². The van der Waals surface area contributed by atoms with E-state index in [-0.39, 0.29) is 18.1 Å². The maximum Gasteiger partial charge on any atom is 0.144 e. The highest BCUT2D eigenvalue weighted by molar-refractivity contribution is 6.30. The van der Waals surface area contributed by atoms with E-state index in [0.29, 0.717) is 10.6 Å². The number of hydrogen-bond acceptors (Lipinski definition) is 2. The Morgan fingerprint density at radius 3 is 2.90 bits per heavy atom. The predicted molar refractivity (Wildman–Crippen MR) is 82.4 cm³/mol. The van der Waals surface area contributed by atoms with Crippen molar-refractivity contribution in [3.8, 4) is 0 Å². The van der Waals surface area contributed by atoms with Crippen molar-refractivity contribution >= 4 is 23.1 Å². The number of nitrogens with one attached hydrogen (secondary N) is 1. The normalized spacial score (nSPS) is 17.0. The Bertz CT molecular complexity index is 686. The first kappa shape index (κ1) is 14.1. The van der Waals surface area contributed by atoms with Crippen molar-refractivity contribution in [2.75, 3.05) is 11.9 Å². The van der Waals surface area contributed by atoms with Gasteiger partial charge >= 0.3 is 0 Å². The second-order valence-corrected chi connectivity index (χ2v) is 5.67. The van der Waals surface area contributed by atoms with Crippen LogP contribution in [-0.4, -0.2) is 12.3 Å². The molecule has 0 amide bonds. The van der Waals surface area contributed by atoms with Crippen LogP contribution in [0.4, 0.5) is 10.1 Å². The lowest BCUT2D eigenvalue weighted by Gasteiger charge is -2.25. The van der Waals surface area contributed by atoms with Crippen LogP contribution in [0.2, 0.25) is 5.02 Å². The Balaban J connectivity index is 1.83. The average molecular weight is 304 g/mol. The van der Waals surface area contributed by atoms with Crippen LogP contribution >= 0.6 is 11.6 Å². The van der Waals surface area contributed by atoms with Crippen molar-refractivity contribution < 1.29 is 9.18 Å². The van der Waals surface area contributed by atoms with Crippen molar-refractivity contribution in [1.82, 2.24) is 0 Å². The number of ketones is 1. The number of hydrogen-bond donors (Lipinski definition) is 1. The second-order valence-electron chi connectivity index (χ2n) is 5.23. The van der Waals surface area contributed by atoms with Crippen LogP contribution in [0.25, 0.3) is 0 Å². The number of anilines is 1. The van der Waals surface area contributed by atoms with E-state index in [1.54, 1.807) is 12.1 Å². The quantitative estimate of drug-likeness (QED) is 0.921. The molecule has 2 aromatic carbocycles. The second kappa shape index (κ2) is 5.86. The number of carbonyl (C=O) groups is 1. The van der Waals surface area contributed by atoms with Crippen molar-refractivity contribution in [2.24, 2.45) is 0 Å². The summed E-state index contributed by atoms with van der Waals surface area (Å²) in [4.78, 5) is 12.5. The summed E-state index contributed by atoms with van der Waals surface area (Å²) < 4.78 is 13.8. The van der Waals surface area contributed by atoms with Gasteiger partial charge in [0.25, 0.3) is 0 Å². The molecule has 1 N–H and O–H groups in total. The molecule has 2 aromatic rings. The lowest BCUT2D eigenvalue weighted by atomic mass is 9.85. The monoisotopic (exact) mass is 303 g/mol. The van der Waals surface area contributed by atoms with Crippen LogP contribution in [-0.2, 0) is 11.2 Å². The van der Waals surface area contributed by atoms with E-state index in [0.717, 1.165) is 24.2 Å². The minimum Gasteiger partial charge on any atom is -0.385 e. The van der Waals surface area contributed by atoms with Crippen LogP contribution in [0.1, 0.15) is 23.5 Å². The maximum absolute atomic E-state index is 13.8. The molecule has 0 fully saturated rings. The van der Waals surface area contributed by atoms with Crippen LogP contribution in [0.5, 0.6) is 0 Å². The largest absolute Gasteiger partial charge is 0.385 e. The molecule has 1 unspecified atom stereocenters. The number of carbonyl (C=O) groups excluding carboxylic acids is 1. The van der Waals surface area contributed by atoms with Gasteiger partial charge in [-0.05, 0) is 35.7 Å². The van der Waals surface area contributed by atoms with E-state index in [9.17, 15) is 9.18 Å². The molecule has 108 valence electrons. The average Bonchev–Trinajstić information content (AvgIpc) is 2.49. The first-order valence-corrected chi connectivity index (χ1v) is 7.32. The van der Waals surface area contributed by atoms with Crippen molar-refractivity contribution in [3.63, 3.8) is 0 Å². The highest BCUT2D eigenvalue weighted by atomic mass is 35.5. The molecule has 1 aliphatic heterocycles. The van der Waals surface area contributed by atoms with E-state index in [1.807, 2.05) is 24.3 Å². The summed E-state index contributed by atoms with van der Waals surface area (Å²) in [7, 11) is 0. The molecule has 1 aliphatic rings. The van der Waals surface area contributed by atoms with Gasteiger partial charge in [-0.25, -0.2) is 4.39 Å². The molecule has 0 saturated carbocycles. The molecule has 0 aromatic heterocycles. The molecule has 4 heteroatoms. The third-order valence-corrected chi connectivity index (χ3v) is 4.09. The Labute approximate surface area is 127 Å². The highest BCUT2D eigenvalue weighted by Crippen LogP contribution is 2.33. The van der Waals surface area contributed by atoms with Gasteiger partial charge in [0.05, 0.1) is 0 Å². The topological polar surface area (TPSA) is 29.1 Å². The summed E-state index contributed by atoms with van der Waals surface area (Å²) in [5.41, 5.74) is 2.40. The van der Waals surface area contributed by atoms with Gasteiger partial charge in [0.15, 0.2) is 0 Å². The summed E-state index contributed by atoms with van der Waals surface area (Å²) in [6.45, 7) is 0.760.